The Morgan fingerprint density at radius 1 is 1.24 bits per heavy atom. The van der Waals surface area contributed by atoms with Gasteiger partial charge in [0.25, 0.3) is 0 Å². The fourth-order valence-electron chi connectivity index (χ4n) is 1.81. The Morgan fingerprint density at radius 2 is 2.05 bits per heavy atom. The van der Waals surface area contributed by atoms with Gasteiger partial charge in [0, 0.05) is 12.6 Å². The van der Waals surface area contributed by atoms with Crippen molar-refractivity contribution in [3.63, 3.8) is 0 Å². The number of benzene rings is 2. The summed E-state index contributed by atoms with van der Waals surface area (Å²) < 4.78 is 19.5. The summed E-state index contributed by atoms with van der Waals surface area (Å²) in [6.45, 7) is 3.57. The molecule has 0 heterocycles. The van der Waals surface area contributed by atoms with E-state index in [9.17, 15) is 9.65 Å². The van der Waals surface area contributed by atoms with Crippen molar-refractivity contribution in [2.24, 2.45) is 0 Å². The van der Waals surface area contributed by atoms with E-state index in [-0.39, 0.29) is 0 Å². The monoisotopic (exact) mass is 348 g/mol. The summed E-state index contributed by atoms with van der Waals surface area (Å²) in [5.74, 6) is 0.352. The number of hydrogen-bond acceptors (Lipinski definition) is 3. The number of hydrogen-bond donors (Lipinski definition) is 1. The van der Waals surface area contributed by atoms with Crippen LogP contribution in [0.15, 0.2) is 40.9 Å². The van der Waals surface area contributed by atoms with Gasteiger partial charge in [-0.15, -0.1) is 0 Å². The molecule has 3 nitrogen and oxygen atoms in total. The molecule has 108 valence electrons. The topological polar surface area (TPSA) is 45.0 Å². The van der Waals surface area contributed by atoms with Crippen LogP contribution in [0.5, 0.6) is 11.5 Å². The molecule has 0 fully saturated rings. The molecule has 1 N–H and O–H groups in total. The van der Waals surface area contributed by atoms with Crippen LogP contribution in [0.3, 0.4) is 0 Å². The highest BCUT2D eigenvalue weighted by molar-refractivity contribution is 9.10. The lowest BCUT2D eigenvalue weighted by atomic mass is 10.1. The van der Waals surface area contributed by atoms with Crippen LogP contribution in [0.4, 0.5) is 4.39 Å². The third kappa shape index (κ3) is 4.03. The van der Waals surface area contributed by atoms with Crippen molar-refractivity contribution in [1.29, 1.82) is 5.26 Å². The van der Waals surface area contributed by atoms with Crippen molar-refractivity contribution >= 4 is 15.9 Å². The average molecular weight is 349 g/mol. The summed E-state index contributed by atoms with van der Waals surface area (Å²) in [5, 5.41) is 12.4. The molecule has 2 aromatic carbocycles. The van der Waals surface area contributed by atoms with E-state index >= 15 is 0 Å². The van der Waals surface area contributed by atoms with Gasteiger partial charge in [-0.2, -0.15) is 5.26 Å². The van der Waals surface area contributed by atoms with E-state index in [1.165, 1.54) is 12.1 Å². The lowest BCUT2D eigenvalue weighted by Crippen LogP contribution is -2.11. The van der Waals surface area contributed by atoms with E-state index in [0.717, 1.165) is 12.1 Å². The van der Waals surface area contributed by atoms with Crippen molar-refractivity contribution in [3.05, 3.63) is 57.8 Å². The molecule has 0 saturated heterocycles. The van der Waals surface area contributed by atoms with E-state index in [2.05, 4.69) is 27.3 Å². The zero-order chi connectivity index (χ0) is 15.2. The van der Waals surface area contributed by atoms with Gasteiger partial charge in [0.2, 0.25) is 0 Å². The fraction of sp³-hybridized carbons (Fsp3) is 0.188. The Kier molecular flexibility index (Phi) is 5.32. The van der Waals surface area contributed by atoms with Crippen LogP contribution in [0.1, 0.15) is 18.1 Å². The number of nitrogens with zero attached hydrogens (tertiary/aromatic N) is 1. The van der Waals surface area contributed by atoms with Gasteiger partial charge in [-0.25, -0.2) is 4.39 Å². The molecule has 0 saturated carbocycles. The zero-order valence-electron chi connectivity index (χ0n) is 11.5. The summed E-state index contributed by atoms with van der Waals surface area (Å²) in [5.41, 5.74) is 1.42. The first-order chi connectivity index (χ1) is 10.1. The van der Waals surface area contributed by atoms with Gasteiger partial charge in [-0.1, -0.05) is 13.0 Å². The second-order valence-corrected chi connectivity index (χ2v) is 5.25. The van der Waals surface area contributed by atoms with Gasteiger partial charge < -0.3 is 10.1 Å². The maximum atomic E-state index is 13.3. The number of halogens is 2. The summed E-state index contributed by atoms with van der Waals surface area (Å²) in [6, 6.07) is 11.7. The lowest BCUT2D eigenvalue weighted by molar-refractivity contribution is 0.472. The molecule has 0 atom stereocenters. The molecule has 0 radical (unpaired) electrons. The molecule has 0 bridgehead atoms. The molecule has 2 rings (SSSR count). The number of nitrogens with one attached hydrogen (secondary N) is 1. The van der Waals surface area contributed by atoms with Crippen molar-refractivity contribution in [3.8, 4) is 17.6 Å². The predicted octanol–water partition coefficient (Wildman–Crippen LogP) is 4.36. The summed E-state index contributed by atoms with van der Waals surface area (Å²) in [6.07, 6.45) is 0. The van der Waals surface area contributed by atoms with Crippen LogP contribution >= 0.6 is 15.9 Å². The molecule has 0 aliphatic heterocycles. The third-order valence-electron chi connectivity index (χ3n) is 2.86. The summed E-state index contributed by atoms with van der Waals surface area (Å²) >= 11 is 3.30. The standard InChI is InChI=1S/C16H14BrFN2O/c1-2-20-10-11-3-6-15(12(7-11)9-19)21-16-8-13(18)4-5-14(16)17/h3-8,20H,2,10H2,1H3. The van der Waals surface area contributed by atoms with E-state index < -0.39 is 5.82 Å². The SMILES string of the molecule is CCNCc1ccc(Oc2cc(F)ccc2Br)c(C#N)c1. The second-order valence-electron chi connectivity index (χ2n) is 4.40. The highest BCUT2D eigenvalue weighted by Crippen LogP contribution is 2.32. The highest BCUT2D eigenvalue weighted by Gasteiger charge is 2.09. The van der Waals surface area contributed by atoms with E-state index in [1.54, 1.807) is 18.2 Å². The Labute approximate surface area is 131 Å². The number of ether oxygens (including phenoxy) is 1. The van der Waals surface area contributed by atoms with Crippen LogP contribution in [-0.2, 0) is 6.54 Å². The number of rotatable bonds is 5. The van der Waals surface area contributed by atoms with Gasteiger partial charge in [-0.3, -0.25) is 0 Å². The molecule has 0 aliphatic carbocycles. The molecule has 0 unspecified atom stereocenters. The minimum Gasteiger partial charge on any atom is -0.455 e. The molecule has 0 aliphatic rings. The lowest BCUT2D eigenvalue weighted by Gasteiger charge is -2.11. The van der Waals surface area contributed by atoms with Gasteiger partial charge in [0.1, 0.15) is 23.4 Å². The number of nitriles is 1. The first-order valence-corrected chi connectivity index (χ1v) is 7.30. The van der Waals surface area contributed by atoms with Crippen LogP contribution in [0.25, 0.3) is 0 Å². The van der Waals surface area contributed by atoms with Crippen molar-refractivity contribution in [2.45, 2.75) is 13.5 Å². The third-order valence-corrected chi connectivity index (χ3v) is 3.51. The molecule has 5 heteroatoms. The first-order valence-electron chi connectivity index (χ1n) is 6.50. The Balaban J connectivity index is 2.27. The van der Waals surface area contributed by atoms with Gasteiger partial charge >= 0.3 is 0 Å². The smallest absolute Gasteiger partial charge is 0.145 e. The Morgan fingerprint density at radius 3 is 2.76 bits per heavy atom. The normalized spacial score (nSPS) is 10.2. The first kappa shape index (κ1) is 15.5. The minimum absolute atomic E-state index is 0.339. The van der Waals surface area contributed by atoms with E-state index in [1.807, 2.05) is 13.0 Å². The van der Waals surface area contributed by atoms with Crippen molar-refractivity contribution in [2.75, 3.05) is 6.54 Å². The fourth-order valence-corrected chi connectivity index (χ4v) is 2.13. The Bertz CT molecular complexity index is 682. The molecule has 0 amide bonds. The maximum absolute atomic E-state index is 13.3. The molecule has 0 aromatic heterocycles. The molecular formula is C16H14BrFN2O. The van der Waals surface area contributed by atoms with Crippen molar-refractivity contribution < 1.29 is 9.13 Å². The average Bonchev–Trinajstić information content (AvgIpc) is 2.49. The summed E-state index contributed by atoms with van der Waals surface area (Å²) in [4.78, 5) is 0. The quantitative estimate of drug-likeness (QED) is 0.872. The zero-order valence-corrected chi connectivity index (χ0v) is 13.1. The van der Waals surface area contributed by atoms with Gasteiger partial charge in [-0.05, 0) is 52.3 Å². The predicted molar refractivity (Wildman–Crippen MR) is 82.7 cm³/mol. The molecule has 0 spiro atoms. The minimum atomic E-state index is -0.393. The second kappa shape index (κ2) is 7.21. The molecular weight excluding hydrogens is 335 g/mol. The maximum Gasteiger partial charge on any atom is 0.145 e. The largest absolute Gasteiger partial charge is 0.455 e. The van der Waals surface area contributed by atoms with Crippen LogP contribution < -0.4 is 10.1 Å². The molecule has 21 heavy (non-hydrogen) atoms. The highest BCUT2D eigenvalue weighted by atomic mass is 79.9. The van der Waals surface area contributed by atoms with Crippen LogP contribution in [0, 0.1) is 17.1 Å². The van der Waals surface area contributed by atoms with E-state index in [0.29, 0.717) is 28.1 Å². The van der Waals surface area contributed by atoms with Gasteiger partial charge in [0.15, 0.2) is 0 Å². The van der Waals surface area contributed by atoms with Gasteiger partial charge in [0.05, 0.1) is 10.0 Å². The van der Waals surface area contributed by atoms with Crippen LogP contribution in [0.2, 0.25) is 0 Å². The van der Waals surface area contributed by atoms with E-state index in [4.69, 9.17) is 4.74 Å². The molecule has 2 aromatic rings. The Hall–Kier alpha value is -1.90. The van der Waals surface area contributed by atoms with Crippen molar-refractivity contribution in [1.82, 2.24) is 5.32 Å². The van der Waals surface area contributed by atoms with Crippen LogP contribution in [-0.4, -0.2) is 6.54 Å². The summed E-state index contributed by atoms with van der Waals surface area (Å²) in [7, 11) is 0.